The van der Waals surface area contributed by atoms with Crippen molar-refractivity contribution in [3.05, 3.63) is 84.4 Å². The lowest BCUT2D eigenvalue weighted by molar-refractivity contribution is -0.174. The van der Waals surface area contributed by atoms with Gasteiger partial charge in [0.15, 0.2) is 5.60 Å². The minimum Gasteiger partial charge on any atom is -0.463 e. The summed E-state index contributed by atoms with van der Waals surface area (Å²) in [6.07, 6.45) is 5.49. The summed E-state index contributed by atoms with van der Waals surface area (Å²) in [4.78, 5) is 17.6. The number of hydrogen-bond acceptors (Lipinski definition) is 6. The second-order valence-electron chi connectivity index (χ2n) is 8.93. The van der Waals surface area contributed by atoms with Gasteiger partial charge in [-0.2, -0.15) is 0 Å². The van der Waals surface area contributed by atoms with E-state index in [0.717, 1.165) is 5.82 Å². The number of ether oxygens (including phenoxy) is 1. The number of carbonyl (C=O) groups is 1. The van der Waals surface area contributed by atoms with Crippen LogP contribution in [0.3, 0.4) is 0 Å². The van der Waals surface area contributed by atoms with Crippen molar-refractivity contribution in [1.29, 1.82) is 0 Å². The second-order valence-corrected chi connectivity index (χ2v) is 10.6. The summed E-state index contributed by atoms with van der Waals surface area (Å²) in [7, 11) is -3.70. The number of aromatic nitrogens is 2. The van der Waals surface area contributed by atoms with Crippen molar-refractivity contribution < 1.29 is 23.1 Å². The third-order valence-corrected chi connectivity index (χ3v) is 8.16. The first kappa shape index (κ1) is 25.1. The summed E-state index contributed by atoms with van der Waals surface area (Å²) in [6, 6.07) is 16.5. The van der Waals surface area contributed by atoms with Gasteiger partial charge < -0.3 is 14.4 Å². The molecule has 8 nitrogen and oxygen atoms in total. The average Bonchev–Trinajstić information content (AvgIpc) is 3.51. The van der Waals surface area contributed by atoms with Gasteiger partial charge in [-0.3, -0.25) is 0 Å². The van der Waals surface area contributed by atoms with Crippen LogP contribution in [0.5, 0.6) is 0 Å². The molecule has 0 aliphatic heterocycles. The van der Waals surface area contributed by atoms with Crippen LogP contribution in [-0.4, -0.2) is 41.7 Å². The molecule has 2 aromatic carbocycles. The lowest BCUT2D eigenvalue weighted by Crippen LogP contribution is -2.44. The first-order valence-electron chi connectivity index (χ1n) is 11.8. The predicted octanol–water partition coefficient (Wildman–Crippen LogP) is 3.16. The van der Waals surface area contributed by atoms with E-state index >= 15 is 0 Å². The molecule has 1 heterocycles. The predicted molar refractivity (Wildman–Crippen MR) is 131 cm³/mol. The van der Waals surface area contributed by atoms with Crippen molar-refractivity contribution in [2.75, 3.05) is 6.61 Å². The summed E-state index contributed by atoms with van der Waals surface area (Å²) in [6.45, 7) is 2.71. The number of aryl methyl sites for hydroxylation is 2. The molecule has 3 atom stereocenters. The van der Waals surface area contributed by atoms with Crippen molar-refractivity contribution >= 4 is 16.0 Å². The molecule has 0 bridgehead atoms. The molecule has 0 spiro atoms. The monoisotopic (exact) mass is 497 g/mol. The van der Waals surface area contributed by atoms with Crippen LogP contribution in [0.4, 0.5) is 0 Å². The fourth-order valence-corrected chi connectivity index (χ4v) is 6.02. The topological polar surface area (TPSA) is 111 Å². The molecule has 1 fully saturated rings. The SMILES string of the molecule is Cc1nccn1CCCOC(=O)[C@](O)(c1ccccc1)[C@H]1CCC(NS(=O)(=O)c2ccccc2)C1. The van der Waals surface area contributed by atoms with Crippen molar-refractivity contribution in [1.82, 2.24) is 14.3 Å². The Balaban J connectivity index is 1.44. The lowest BCUT2D eigenvalue weighted by Gasteiger charge is -2.32. The standard InChI is InChI=1S/C26H31N3O5S/c1-20-27-15-17-29(20)16-8-18-34-25(30)26(31,21-9-4-2-5-10-21)22-13-14-23(19-22)28-35(32,33)24-11-6-3-7-12-24/h2-7,9-12,15,17,22-23,28,31H,8,13-14,16,18-19H2,1H3/t22-,23?,26-/m0/s1. The highest BCUT2D eigenvalue weighted by Crippen LogP contribution is 2.42. The quantitative estimate of drug-likeness (QED) is 0.329. The van der Waals surface area contributed by atoms with Gasteiger partial charge in [-0.05, 0) is 50.3 Å². The molecule has 9 heteroatoms. The Morgan fingerprint density at radius 1 is 1.14 bits per heavy atom. The molecular formula is C26H31N3O5S. The average molecular weight is 498 g/mol. The molecule has 4 rings (SSSR count). The van der Waals surface area contributed by atoms with Crippen LogP contribution in [0, 0.1) is 12.8 Å². The zero-order chi connectivity index (χ0) is 24.9. The van der Waals surface area contributed by atoms with E-state index in [-0.39, 0.29) is 11.5 Å². The van der Waals surface area contributed by atoms with Crippen LogP contribution < -0.4 is 4.72 Å². The van der Waals surface area contributed by atoms with Gasteiger partial charge in [0.05, 0.1) is 11.5 Å². The molecule has 1 aliphatic carbocycles. The molecule has 0 radical (unpaired) electrons. The molecular weight excluding hydrogens is 466 g/mol. The van der Waals surface area contributed by atoms with E-state index < -0.39 is 33.6 Å². The molecule has 2 N–H and O–H groups in total. The summed E-state index contributed by atoms with van der Waals surface area (Å²) in [5.41, 5.74) is -1.41. The minimum atomic E-state index is -3.70. The third-order valence-electron chi connectivity index (χ3n) is 6.62. The van der Waals surface area contributed by atoms with Gasteiger partial charge in [-0.25, -0.2) is 22.9 Å². The van der Waals surface area contributed by atoms with Crippen LogP contribution in [0.15, 0.2) is 78.0 Å². The van der Waals surface area contributed by atoms with Crippen LogP contribution in [0.2, 0.25) is 0 Å². The fourth-order valence-electron chi connectivity index (χ4n) is 4.72. The Kier molecular flexibility index (Phi) is 7.69. The molecule has 1 aliphatic rings. The number of rotatable bonds is 10. The van der Waals surface area contributed by atoms with E-state index in [2.05, 4.69) is 9.71 Å². The number of esters is 1. The first-order valence-corrected chi connectivity index (χ1v) is 13.3. The highest BCUT2D eigenvalue weighted by molar-refractivity contribution is 7.89. The number of benzene rings is 2. The number of sulfonamides is 1. The Labute approximate surface area is 206 Å². The first-order chi connectivity index (χ1) is 16.8. The Hall–Kier alpha value is -3.01. The smallest absolute Gasteiger partial charge is 0.343 e. The van der Waals surface area contributed by atoms with E-state index in [1.165, 1.54) is 12.1 Å². The van der Waals surface area contributed by atoms with Crippen LogP contribution in [-0.2, 0) is 31.7 Å². The molecule has 1 aromatic heterocycles. The number of hydrogen-bond donors (Lipinski definition) is 2. The van der Waals surface area contributed by atoms with Gasteiger partial charge in [-0.1, -0.05) is 48.5 Å². The summed E-state index contributed by atoms with van der Waals surface area (Å²) in [5.74, 6) is -0.313. The van der Waals surface area contributed by atoms with Crippen LogP contribution in [0.1, 0.15) is 37.1 Å². The van der Waals surface area contributed by atoms with E-state index in [1.54, 1.807) is 48.7 Å². The molecule has 1 saturated carbocycles. The van der Waals surface area contributed by atoms with E-state index in [1.807, 2.05) is 23.8 Å². The second kappa shape index (κ2) is 10.7. The molecule has 186 valence electrons. The number of nitrogens with zero attached hydrogens (tertiary/aromatic N) is 2. The Morgan fingerprint density at radius 2 is 1.83 bits per heavy atom. The minimum absolute atomic E-state index is 0.155. The zero-order valence-electron chi connectivity index (χ0n) is 19.7. The van der Waals surface area contributed by atoms with Crippen molar-refractivity contribution in [2.45, 2.75) is 55.7 Å². The highest BCUT2D eigenvalue weighted by Gasteiger charge is 2.50. The Morgan fingerprint density at radius 3 is 2.49 bits per heavy atom. The number of carbonyl (C=O) groups excluding carboxylic acids is 1. The Bertz CT molecular complexity index is 1230. The maximum Gasteiger partial charge on any atom is 0.343 e. The van der Waals surface area contributed by atoms with Crippen molar-refractivity contribution in [2.24, 2.45) is 5.92 Å². The summed E-state index contributed by atoms with van der Waals surface area (Å²) in [5, 5.41) is 11.7. The van der Waals surface area contributed by atoms with E-state index in [9.17, 15) is 18.3 Å². The van der Waals surface area contributed by atoms with E-state index in [4.69, 9.17) is 4.74 Å². The van der Waals surface area contributed by atoms with Crippen molar-refractivity contribution in [3.8, 4) is 0 Å². The van der Waals surface area contributed by atoms with Gasteiger partial charge in [0.1, 0.15) is 5.82 Å². The summed E-state index contributed by atoms with van der Waals surface area (Å²) >= 11 is 0. The largest absolute Gasteiger partial charge is 0.463 e. The van der Waals surface area contributed by atoms with Gasteiger partial charge >= 0.3 is 5.97 Å². The molecule has 3 aromatic rings. The maximum atomic E-state index is 13.3. The van der Waals surface area contributed by atoms with Gasteiger partial charge in [0, 0.05) is 30.9 Å². The van der Waals surface area contributed by atoms with Gasteiger partial charge in [-0.15, -0.1) is 0 Å². The number of imidazole rings is 1. The number of nitrogens with one attached hydrogen (secondary N) is 1. The van der Waals surface area contributed by atoms with Crippen LogP contribution >= 0.6 is 0 Å². The van der Waals surface area contributed by atoms with Crippen molar-refractivity contribution in [3.63, 3.8) is 0 Å². The maximum absolute atomic E-state index is 13.3. The normalized spacial score (nSPS) is 19.8. The molecule has 1 unspecified atom stereocenters. The van der Waals surface area contributed by atoms with Gasteiger partial charge in [0.2, 0.25) is 10.0 Å². The number of aliphatic hydroxyl groups is 1. The summed E-state index contributed by atoms with van der Waals surface area (Å²) < 4.78 is 35.8. The molecule has 35 heavy (non-hydrogen) atoms. The third kappa shape index (κ3) is 5.63. The van der Waals surface area contributed by atoms with Gasteiger partial charge in [0.25, 0.3) is 0 Å². The van der Waals surface area contributed by atoms with E-state index in [0.29, 0.717) is 37.8 Å². The molecule has 0 saturated heterocycles. The highest BCUT2D eigenvalue weighted by atomic mass is 32.2. The fraction of sp³-hybridized carbons (Fsp3) is 0.385. The van der Waals surface area contributed by atoms with Crippen LogP contribution in [0.25, 0.3) is 0 Å². The molecule has 0 amide bonds. The lowest BCUT2D eigenvalue weighted by atomic mass is 9.80. The zero-order valence-corrected chi connectivity index (χ0v) is 20.5.